The number of sulfonamides is 1. The fourth-order valence-corrected chi connectivity index (χ4v) is 4.09. The first-order valence-electron chi connectivity index (χ1n) is 8.59. The summed E-state index contributed by atoms with van der Waals surface area (Å²) in [5.41, 5.74) is 2.43. The van der Waals surface area contributed by atoms with Gasteiger partial charge < -0.3 is 15.0 Å². The number of carbonyl (C=O) groups is 1. The van der Waals surface area contributed by atoms with Crippen molar-refractivity contribution in [2.45, 2.75) is 37.3 Å². The number of aromatic nitrogens is 1. The first-order valence-corrected chi connectivity index (χ1v) is 10.1. The first kappa shape index (κ1) is 18.6. The van der Waals surface area contributed by atoms with Gasteiger partial charge >= 0.3 is 0 Å². The van der Waals surface area contributed by atoms with E-state index in [9.17, 15) is 18.3 Å². The molecule has 8 heteroatoms. The van der Waals surface area contributed by atoms with E-state index < -0.39 is 16.1 Å². The second-order valence-corrected chi connectivity index (χ2v) is 8.29. The molecule has 7 nitrogen and oxygen atoms in total. The van der Waals surface area contributed by atoms with Crippen molar-refractivity contribution >= 4 is 15.9 Å². The molecule has 1 atom stereocenters. The van der Waals surface area contributed by atoms with Gasteiger partial charge in [-0.1, -0.05) is 6.07 Å². The fraction of sp³-hybridized carbons (Fsp3) is 0.389. The minimum atomic E-state index is -3.64. The van der Waals surface area contributed by atoms with E-state index in [0.717, 1.165) is 11.1 Å². The zero-order valence-corrected chi connectivity index (χ0v) is 15.4. The van der Waals surface area contributed by atoms with Gasteiger partial charge in [0.15, 0.2) is 0 Å². The van der Waals surface area contributed by atoms with Crippen LogP contribution in [0.4, 0.5) is 0 Å². The molecule has 1 amide bonds. The summed E-state index contributed by atoms with van der Waals surface area (Å²) in [4.78, 5) is 17.3. The normalized spacial score (nSPS) is 15.5. The van der Waals surface area contributed by atoms with Crippen LogP contribution in [0.15, 0.2) is 41.4 Å². The lowest BCUT2D eigenvalue weighted by Crippen LogP contribution is -2.36. The number of H-pyrrole nitrogens is 1. The molecular weight excluding hydrogens is 354 g/mol. The Kier molecular flexibility index (Phi) is 5.45. The summed E-state index contributed by atoms with van der Waals surface area (Å²) in [6, 6.07) is 8.54. The SMILES string of the molecule is C[C@H](O)CCNS(=O)(=O)c1ccc2c(c1)CN(C(=O)c1ccc[nH]1)CC2. The largest absolute Gasteiger partial charge is 0.393 e. The first-order chi connectivity index (χ1) is 12.4. The van der Waals surface area contributed by atoms with Crippen molar-refractivity contribution in [2.24, 2.45) is 0 Å². The number of amides is 1. The Balaban J connectivity index is 1.76. The molecule has 1 aliphatic rings. The van der Waals surface area contributed by atoms with Crippen LogP contribution in [0.2, 0.25) is 0 Å². The van der Waals surface area contributed by atoms with E-state index in [4.69, 9.17) is 0 Å². The number of fused-ring (bicyclic) bond motifs is 1. The Morgan fingerprint density at radius 3 is 2.85 bits per heavy atom. The summed E-state index contributed by atoms with van der Waals surface area (Å²) in [6.07, 6.45) is 2.18. The smallest absolute Gasteiger partial charge is 0.270 e. The van der Waals surface area contributed by atoms with Crippen LogP contribution in [-0.4, -0.2) is 48.5 Å². The Labute approximate surface area is 153 Å². The minimum absolute atomic E-state index is 0.0935. The van der Waals surface area contributed by atoms with Crippen LogP contribution in [0.1, 0.15) is 35.0 Å². The van der Waals surface area contributed by atoms with Gasteiger partial charge in [-0.05, 0) is 55.2 Å². The van der Waals surface area contributed by atoms with Gasteiger partial charge in [0, 0.05) is 25.8 Å². The van der Waals surface area contributed by atoms with E-state index in [1.54, 1.807) is 42.3 Å². The molecule has 0 saturated carbocycles. The van der Waals surface area contributed by atoms with Crippen LogP contribution in [-0.2, 0) is 23.0 Å². The van der Waals surface area contributed by atoms with Crippen molar-refractivity contribution in [3.8, 4) is 0 Å². The minimum Gasteiger partial charge on any atom is -0.393 e. The van der Waals surface area contributed by atoms with Crippen molar-refractivity contribution in [3.05, 3.63) is 53.3 Å². The Morgan fingerprint density at radius 2 is 2.15 bits per heavy atom. The lowest BCUT2D eigenvalue weighted by atomic mass is 9.99. The number of nitrogens with one attached hydrogen (secondary N) is 2. The van der Waals surface area contributed by atoms with E-state index in [-0.39, 0.29) is 17.3 Å². The number of nitrogens with zero attached hydrogens (tertiary/aromatic N) is 1. The van der Waals surface area contributed by atoms with Crippen molar-refractivity contribution < 1.29 is 18.3 Å². The topological polar surface area (TPSA) is 102 Å². The number of benzene rings is 1. The van der Waals surface area contributed by atoms with Gasteiger partial charge in [-0.15, -0.1) is 0 Å². The molecule has 3 rings (SSSR count). The molecule has 1 aromatic carbocycles. The highest BCUT2D eigenvalue weighted by Gasteiger charge is 2.24. The monoisotopic (exact) mass is 377 g/mol. The van der Waals surface area contributed by atoms with E-state index in [0.29, 0.717) is 31.6 Å². The van der Waals surface area contributed by atoms with Gasteiger partial charge in [0.2, 0.25) is 10.0 Å². The van der Waals surface area contributed by atoms with Crippen LogP contribution < -0.4 is 4.72 Å². The molecule has 1 aliphatic heterocycles. The van der Waals surface area contributed by atoms with E-state index in [1.807, 2.05) is 6.07 Å². The lowest BCUT2D eigenvalue weighted by molar-refractivity contribution is 0.0729. The standard InChI is InChI=1S/C18H23N3O4S/c1-13(22)6-9-20-26(24,25)16-5-4-14-7-10-21(12-15(14)11-16)18(23)17-3-2-8-19-17/h2-5,8,11,13,19-20,22H,6-7,9-10,12H2,1H3/t13-/m0/s1. The van der Waals surface area contributed by atoms with E-state index in [1.165, 1.54) is 0 Å². The predicted molar refractivity (Wildman–Crippen MR) is 97.2 cm³/mol. The molecule has 0 saturated heterocycles. The number of carbonyl (C=O) groups excluding carboxylic acids is 1. The average molecular weight is 377 g/mol. The average Bonchev–Trinajstić information content (AvgIpc) is 3.14. The van der Waals surface area contributed by atoms with Crippen LogP contribution in [0, 0.1) is 0 Å². The van der Waals surface area contributed by atoms with Gasteiger partial charge in [0.1, 0.15) is 5.69 Å². The van der Waals surface area contributed by atoms with Gasteiger partial charge in [-0.25, -0.2) is 13.1 Å². The molecule has 0 spiro atoms. The zero-order chi connectivity index (χ0) is 18.7. The van der Waals surface area contributed by atoms with E-state index >= 15 is 0 Å². The summed E-state index contributed by atoms with van der Waals surface area (Å²) in [7, 11) is -3.64. The predicted octanol–water partition coefficient (Wildman–Crippen LogP) is 1.26. The molecule has 0 unspecified atom stereocenters. The summed E-state index contributed by atoms with van der Waals surface area (Å²) in [6.45, 7) is 2.77. The van der Waals surface area contributed by atoms with Crippen molar-refractivity contribution in [1.82, 2.24) is 14.6 Å². The second kappa shape index (κ2) is 7.61. The van der Waals surface area contributed by atoms with Crippen molar-refractivity contribution in [1.29, 1.82) is 0 Å². The van der Waals surface area contributed by atoms with Gasteiger partial charge in [-0.3, -0.25) is 4.79 Å². The summed E-state index contributed by atoms with van der Waals surface area (Å²) in [5.74, 6) is -0.0935. The number of aliphatic hydroxyl groups is 1. The molecule has 1 aromatic heterocycles. The third kappa shape index (κ3) is 4.14. The molecule has 0 bridgehead atoms. The van der Waals surface area contributed by atoms with Gasteiger partial charge in [0.05, 0.1) is 11.0 Å². The number of rotatable bonds is 6. The molecule has 0 radical (unpaired) electrons. The third-order valence-electron chi connectivity index (χ3n) is 4.47. The maximum Gasteiger partial charge on any atom is 0.270 e. The molecule has 2 heterocycles. The summed E-state index contributed by atoms with van der Waals surface area (Å²) in [5, 5.41) is 9.26. The quantitative estimate of drug-likeness (QED) is 0.705. The molecular formula is C18H23N3O4S. The fourth-order valence-electron chi connectivity index (χ4n) is 2.99. The van der Waals surface area contributed by atoms with Crippen LogP contribution in [0.5, 0.6) is 0 Å². The number of aromatic amines is 1. The summed E-state index contributed by atoms with van der Waals surface area (Å²) < 4.78 is 27.3. The van der Waals surface area contributed by atoms with Crippen molar-refractivity contribution in [3.63, 3.8) is 0 Å². The zero-order valence-electron chi connectivity index (χ0n) is 14.6. The number of hydrogen-bond acceptors (Lipinski definition) is 4. The third-order valence-corrected chi connectivity index (χ3v) is 5.93. The molecule has 0 aliphatic carbocycles. The molecule has 2 aromatic rings. The lowest BCUT2D eigenvalue weighted by Gasteiger charge is -2.29. The Morgan fingerprint density at radius 1 is 1.35 bits per heavy atom. The van der Waals surface area contributed by atoms with E-state index in [2.05, 4.69) is 9.71 Å². The highest BCUT2D eigenvalue weighted by atomic mass is 32.2. The molecule has 0 fully saturated rings. The molecule has 3 N–H and O–H groups in total. The Bertz CT molecular complexity index is 876. The van der Waals surface area contributed by atoms with Crippen molar-refractivity contribution in [2.75, 3.05) is 13.1 Å². The molecule has 140 valence electrons. The number of hydrogen-bond donors (Lipinski definition) is 3. The highest BCUT2D eigenvalue weighted by Crippen LogP contribution is 2.23. The highest BCUT2D eigenvalue weighted by molar-refractivity contribution is 7.89. The molecule has 26 heavy (non-hydrogen) atoms. The van der Waals surface area contributed by atoms with Gasteiger partial charge in [-0.2, -0.15) is 0 Å². The Hall–Kier alpha value is -2.16. The number of aliphatic hydroxyl groups excluding tert-OH is 1. The van der Waals surface area contributed by atoms with Crippen LogP contribution >= 0.6 is 0 Å². The van der Waals surface area contributed by atoms with Gasteiger partial charge in [0.25, 0.3) is 5.91 Å². The second-order valence-electron chi connectivity index (χ2n) is 6.53. The maximum atomic E-state index is 12.5. The van der Waals surface area contributed by atoms with Crippen LogP contribution in [0.25, 0.3) is 0 Å². The van der Waals surface area contributed by atoms with Crippen LogP contribution in [0.3, 0.4) is 0 Å². The maximum absolute atomic E-state index is 12.5. The summed E-state index contributed by atoms with van der Waals surface area (Å²) >= 11 is 0.